The van der Waals surface area contributed by atoms with Crippen molar-refractivity contribution < 1.29 is 19.1 Å². The summed E-state index contributed by atoms with van der Waals surface area (Å²) in [5, 5.41) is 11.3. The van der Waals surface area contributed by atoms with Crippen LogP contribution in [0.3, 0.4) is 0 Å². The standard InChI is InChI=1S/C21H19ClFNO3/c1-2-3-12-24-18(13-6-10-16(23)11-7-13)17(20(26)21(24)27)19(25)14-4-8-15(22)9-5-14/h4-11,18,25H,2-3,12H2,1H3/b19-17+. The van der Waals surface area contributed by atoms with Gasteiger partial charge >= 0.3 is 0 Å². The number of halogens is 2. The molecule has 1 heterocycles. The van der Waals surface area contributed by atoms with E-state index in [1.807, 2.05) is 6.92 Å². The monoisotopic (exact) mass is 387 g/mol. The third kappa shape index (κ3) is 3.74. The Kier molecular flexibility index (Phi) is 5.61. The molecule has 27 heavy (non-hydrogen) atoms. The Bertz CT molecular complexity index is 891. The average molecular weight is 388 g/mol. The van der Waals surface area contributed by atoms with Crippen molar-refractivity contribution in [1.29, 1.82) is 0 Å². The Morgan fingerprint density at radius 2 is 1.74 bits per heavy atom. The lowest BCUT2D eigenvalue weighted by atomic mass is 9.95. The zero-order valence-electron chi connectivity index (χ0n) is 14.8. The van der Waals surface area contributed by atoms with Crippen LogP contribution in [0.4, 0.5) is 4.39 Å². The molecule has 1 saturated heterocycles. The van der Waals surface area contributed by atoms with Crippen molar-refractivity contribution in [2.45, 2.75) is 25.8 Å². The van der Waals surface area contributed by atoms with Gasteiger partial charge < -0.3 is 10.0 Å². The van der Waals surface area contributed by atoms with Crippen LogP contribution in [0.1, 0.15) is 36.9 Å². The number of amides is 1. The van der Waals surface area contributed by atoms with E-state index < -0.39 is 23.5 Å². The summed E-state index contributed by atoms with van der Waals surface area (Å²) in [4.78, 5) is 26.7. The van der Waals surface area contributed by atoms with E-state index >= 15 is 0 Å². The van der Waals surface area contributed by atoms with E-state index in [-0.39, 0.29) is 11.3 Å². The van der Waals surface area contributed by atoms with Crippen LogP contribution in [0.15, 0.2) is 54.1 Å². The van der Waals surface area contributed by atoms with Gasteiger partial charge in [0, 0.05) is 17.1 Å². The van der Waals surface area contributed by atoms with Gasteiger partial charge in [0.05, 0.1) is 11.6 Å². The van der Waals surface area contributed by atoms with Crippen molar-refractivity contribution in [2.75, 3.05) is 6.54 Å². The number of unbranched alkanes of at least 4 members (excludes halogenated alkanes) is 1. The highest BCUT2D eigenvalue weighted by molar-refractivity contribution is 6.46. The summed E-state index contributed by atoms with van der Waals surface area (Å²) < 4.78 is 13.4. The maximum atomic E-state index is 13.4. The van der Waals surface area contributed by atoms with Crippen LogP contribution >= 0.6 is 11.6 Å². The van der Waals surface area contributed by atoms with Gasteiger partial charge in [0.25, 0.3) is 11.7 Å². The summed E-state index contributed by atoms with van der Waals surface area (Å²) in [6.45, 7) is 2.36. The van der Waals surface area contributed by atoms with Gasteiger partial charge in [-0.3, -0.25) is 9.59 Å². The van der Waals surface area contributed by atoms with Crippen molar-refractivity contribution >= 4 is 29.1 Å². The fraction of sp³-hybridized carbons (Fsp3) is 0.238. The molecule has 6 heteroatoms. The summed E-state index contributed by atoms with van der Waals surface area (Å²) in [5.41, 5.74) is 0.965. The smallest absolute Gasteiger partial charge is 0.295 e. The minimum atomic E-state index is -0.757. The van der Waals surface area contributed by atoms with E-state index in [9.17, 15) is 19.1 Å². The van der Waals surface area contributed by atoms with Gasteiger partial charge in [-0.05, 0) is 48.4 Å². The quantitative estimate of drug-likeness (QED) is 0.459. The van der Waals surface area contributed by atoms with Gasteiger partial charge in [0.1, 0.15) is 11.6 Å². The van der Waals surface area contributed by atoms with Crippen LogP contribution in [0.5, 0.6) is 0 Å². The van der Waals surface area contributed by atoms with Crippen LogP contribution < -0.4 is 0 Å². The van der Waals surface area contributed by atoms with Crippen molar-refractivity contribution in [3.63, 3.8) is 0 Å². The molecule has 140 valence electrons. The fourth-order valence-corrected chi connectivity index (χ4v) is 3.32. The van der Waals surface area contributed by atoms with Crippen LogP contribution in [-0.2, 0) is 9.59 Å². The number of hydrogen-bond donors (Lipinski definition) is 1. The lowest BCUT2D eigenvalue weighted by molar-refractivity contribution is -0.139. The number of ketones is 1. The number of nitrogens with zero attached hydrogens (tertiary/aromatic N) is 1. The van der Waals surface area contributed by atoms with Crippen molar-refractivity contribution in [2.24, 2.45) is 0 Å². The molecule has 1 unspecified atom stereocenters. The number of Topliss-reactive ketones (excluding diaryl/α,β-unsaturated/α-hetero) is 1. The third-order valence-electron chi connectivity index (χ3n) is 4.60. The van der Waals surface area contributed by atoms with Crippen LogP contribution in [0.2, 0.25) is 5.02 Å². The fourth-order valence-electron chi connectivity index (χ4n) is 3.19. The van der Waals surface area contributed by atoms with E-state index in [2.05, 4.69) is 0 Å². The molecule has 2 aromatic carbocycles. The average Bonchev–Trinajstić information content (AvgIpc) is 2.91. The number of carbonyl (C=O) groups excluding carboxylic acids is 2. The number of aliphatic hydroxyl groups is 1. The number of likely N-dealkylation sites (tertiary alicyclic amines) is 1. The first-order valence-corrected chi connectivity index (χ1v) is 9.11. The van der Waals surface area contributed by atoms with E-state index in [0.29, 0.717) is 29.1 Å². The minimum absolute atomic E-state index is 0.00466. The topological polar surface area (TPSA) is 57.6 Å². The summed E-state index contributed by atoms with van der Waals surface area (Å²) in [5.74, 6) is -2.08. The highest BCUT2D eigenvalue weighted by Crippen LogP contribution is 2.39. The summed E-state index contributed by atoms with van der Waals surface area (Å²) in [7, 11) is 0. The number of hydrogen-bond acceptors (Lipinski definition) is 3. The second-order valence-electron chi connectivity index (χ2n) is 6.40. The Balaban J connectivity index is 2.14. The zero-order valence-corrected chi connectivity index (χ0v) is 15.5. The van der Waals surface area contributed by atoms with Crippen LogP contribution in [0, 0.1) is 5.82 Å². The second-order valence-corrected chi connectivity index (χ2v) is 6.84. The Morgan fingerprint density at radius 3 is 2.33 bits per heavy atom. The van der Waals surface area contributed by atoms with E-state index in [0.717, 1.165) is 6.42 Å². The molecule has 1 amide bonds. The highest BCUT2D eigenvalue weighted by Gasteiger charge is 2.45. The molecule has 0 aliphatic carbocycles. The van der Waals surface area contributed by atoms with Crippen LogP contribution in [-0.4, -0.2) is 28.2 Å². The largest absolute Gasteiger partial charge is 0.507 e. The first-order chi connectivity index (χ1) is 12.9. The summed E-state index contributed by atoms with van der Waals surface area (Å²) in [6, 6.07) is 11.2. The predicted molar refractivity (Wildman–Crippen MR) is 102 cm³/mol. The molecule has 1 aliphatic heterocycles. The summed E-state index contributed by atoms with van der Waals surface area (Å²) in [6.07, 6.45) is 1.56. The molecule has 1 aliphatic rings. The van der Waals surface area contributed by atoms with Gasteiger partial charge in [-0.25, -0.2) is 4.39 Å². The molecule has 3 rings (SSSR count). The molecule has 1 atom stereocenters. The molecular weight excluding hydrogens is 369 g/mol. The predicted octanol–water partition coefficient (Wildman–Crippen LogP) is 4.70. The maximum Gasteiger partial charge on any atom is 0.295 e. The molecule has 1 N–H and O–H groups in total. The van der Waals surface area contributed by atoms with Gasteiger partial charge in [-0.2, -0.15) is 0 Å². The molecule has 2 aromatic rings. The molecule has 0 aromatic heterocycles. The van der Waals surface area contributed by atoms with Gasteiger partial charge in [-0.15, -0.1) is 0 Å². The number of aliphatic hydroxyl groups excluding tert-OH is 1. The zero-order chi connectivity index (χ0) is 19.6. The molecule has 0 saturated carbocycles. The first kappa shape index (κ1) is 19.1. The van der Waals surface area contributed by atoms with Gasteiger partial charge in [0.15, 0.2) is 0 Å². The first-order valence-electron chi connectivity index (χ1n) is 8.74. The SMILES string of the molecule is CCCCN1C(=O)C(=O)/C(=C(/O)c2ccc(Cl)cc2)C1c1ccc(F)cc1. The van der Waals surface area contributed by atoms with Gasteiger partial charge in [-0.1, -0.05) is 37.1 Å². The van der Waals surface area contributed by atoms with Crippen molar-refractivity contribution in [3.05, 3.63) is 76.1 Å². The number of carbonyl (C=O) groups is 2. The normalized spacial score (nSPS) is 18.9. The minimum Gasteiger partial charge on any atom is -0.507 e. The third-order valence-corrected chi connectivity index (χ3v) is 4.85. The van der Waals surface area contributed by atoms with Crippen molar-refractivity contribution in [1.82, 2.24) is 4.90 Å². The maximum absolute atomic E-state index is 13.4. The van der Waals surface area contributed by atoms with Crippen LogP contribution in [0.25, 0.3) is 5.76 Å². The Morgan fingerprint density at radius 1 is 1.11 bits per heavy atom. The van der Waals surface area contributed by atoms with E-state index in [1.54, 1.807) is 24.3 Å². The highest BCUT2D eigenvalue weighted by atomic mass is 35.5. The molecule has 0 bridgehead atoms. The molecule has 0 spiro atoms. The molecule has 0 radical (unpaired) electrons. The van der Waals surface area contributed by atoms with E-state index in [1.165, 1.54) is 29.2 Å². The Hall–Kier alpha value is -2.66. The Labute approximate surface area is 161 Å². The summed E-state index contributed by atoms with van der Waals surface area (Å²) >= 11 is 5.89. The number of benzene rings is 2. The lowest BCUT2D eigenvalue weighted by Gasteiger charge is -2.25. The van der Waals surface area contributed by atoms with Gasteiger partial charge in [0.2, 0.25) is 0 Å². The molecule has 4 nitrogen and oxygen atoms in total. The number of rotatable bonds is 5. The van der Waals surface area contributed by atoms with E-state index in [4.69, 9.17) is 11.6 Å². The van der Waals surface area contributed by atoms with Crippen molar-refractivity contribution in [3.8, 4) is 0 Å². The second kappa shape index (κ2) is 7.92. The molecular formula is C21H19ClFNO3. The molecule has 1 fully saturated rings. The lowest BCUT2D eigenvalue weighted by Crippen LogP contribution is -2.30.